The Morgan fingerprint density at radius 2 is 1.79 bits per heavy atom. The first kappa shape index (κ1) is 22.1. The third kappa shape index (κ3) is 3.63. The molecule has 34 heavy (non-hydrogen) atoms. The van der Waals surface area contributed by atoms with E-state index in [1.165, 1.54) is 0 Å². The summed E-state index contributed by atoms with van der Waals surface area (Å²) in [5.74, 6) is -1.59. The van der Waals surface area contributed by atoms with Gasteiger partial charge in [0.15, 0.2) is 0 Å². The van der Waals surface area contributed by atoms with Crippen molar-refractivity contribution >= 4 is 23.8 Å². The number of nitrogens with two attached hydrogens (primary N) is 1. The van der Waals surface area contributed by atoms with Crippen molar-refractivity contribution < 1.29 is 19.2 Å². The maximum absolute atomic E-state index is 13.6. The van der Waals surface area contributed by atoms with Gasteiger partial charge in [-0.05, 0) is 48.8 Å². The van der Waals surface area contributed by atoms with Crippen molar-refractivity contribution in [2.24, 2.45) is 11.7 Å². The van der Waals surface area contributed by atoms with E-state index in [9.17, 15) is 19.2 Å². The van der Waals surface area contributed by atoms with Gasteiger partial charge in [-0.1, -0.05) is 54.6 Å². The molecule has 2 fully saturated rings. The van der Waals surface area contributed by atoms with Crippen LogP contribution in [-0.2, 0) is 26.5 Å². The van der Waals surface area contributed by atoms with Crippen LogP contribution in [0.2, 0.25) is 0 Å². The van der Waals surface area contributed by atoms with E-state index in [0.29, 0.717) is 23.6 Å². The molecule has 3 N–H and O–H groups in total. The van der Waals surface area contributed by atoms with Gasteiger partial charge >= 0.3 is 6.03 Å². The zero-order valence-corrected chi connectivity index (χ0v) is 19.1. The molecule has 5 rings (SSSR count). The lowest BCUT2D eigenvalue weighted by Crippen LogP contribution is -2.47. The number of hydrogen-bond acceptors (Lipinski definition) is 4. The molecule has 176 valence electrons. The minimum absolute atomic E-state index is 0.00822. The number of urea groups is 1. The van der Waals surface area contributed by atoms with Gasteiger partial charge in [0.2, 0.25) is 11.8 Å². The number of carbonyl (C=O) groups excluding carboxylic acids is 4. The average Bonchev–Trinajstić information content (AvgIpc) is 3.59. The van der Waals surface area contributed by atoms with Gasteiger partial charge in [-0.3, -0.25) is 19.3 Å². The zero-order valence-electron chi connectivity index (χ0n) is 19.1. The summed E-state index contributed by atoms with van der Waals surface area (Å²) in [5.41, 5.74) is 6.43. The van der Waals surface area contributed by atoms with Crippen LogP contribution in [0, 0.1) is 5.92 Å². The highest BCUT2D eigenvalue weighted by molar-refractivity contribution is 6.10. The Balaban J connectivity index is 1.40. The van der Waals surface area contributed by atoms with E-state index >= 15 is 0 Å². The lowest BCUT2D eigenvalue weighted by Gasteiger charge is -2.31. The molecular formula is C26H28N4O4. The predicted octanol–water partition coefficient (Wildman–Crippen LogP) is 2.23. The number of carbonyl (C=O) groups is 4. The first-order valence-electron chi connectivity index (χ1n) is 11.7. The fourth-order valence-corrected chi connectivity index (χ4v) is 5.36. The van der Waals surface area contributed by atoms with Crippen LogP contribution in [0.5, 0.6) is 0 Å². The van der Waals surface area contributed by atoms with Crippen LogP contribution in [0.25, 0.3) is 0 Å². The minimum atomic E-state index is -1.37. The highest BCUT2D eigenvalue weighted by atomic mass is 16.2. The van der Waals surface area contributed by atoms with Gasteiger partial charge in [0.05, 0.1) is 5.92 Å². The van der Waals surface area contributed by atoms with Crippen LogP contribution in [0.1, 0.15) is 48.8 Å². The molecular weight excluding hydrogens is 432 g/mol. The fraction of sp³-hybridized carbons (Fsp3) is 0.385. The lowest BCUT2D eigenvalue weighted by molar-refractivity contribution is -0.141. The highest BCUT2D eigenvalue weighted by Gasteiger charge is 2.59. The van der Waals surface area contributed by atoms with Crippen molar-refractivity contribution in [3.63, 3.8) is 0 Å². The average molecular weight is 461 g/mol. The fourth-order valence-electron chi connectivity index (χ4n) is 5.36. The lowest BCUT2D eigenvalue weighted by atomic mass is 9.91. The smallest absolute Gasteiger partial charge is 0.325 e. The molecule has 0 aromatic heterocycles. The zero-order chi connectivity index (χ0) is 24.0. The summed E-state index contributed by atoms with van der Waals surface area (Å²) in [5, 5.41) is 2.79. The van der Waals surface area contributed by atoms with Crippen molar-refractivity contribution in [2.45, 2.75) is 50.2 Å². The van der Waals surface area contributed by atoms with Gasteiger partial charge < -0.3 is 16.0 Å². The van der Waals surface area contributed by atoms with Gasteiger partial charge in [-0.2, -0.15) is 0 Å². The summed E-state index contributed by atoms with van der Waals surface area (Å²) in [4.78, 5) is 54.9. The molecule has 1 saturated heterocycles. The van der Waals surface area contributed by atoms with E-state index in [1.807, 2.05) is 37.3 Å². The molecule has 1 saturated carbocycles. The van der Waals surface area contributed by atoms with Gasteiger partial charge in [-0.25, -0.2) is 4.79 Å². The molecule has 3 aliphatic rings. The summed E-state index contributed by atoms with van der Waals surface area (Å²) >= 11 is 0. The largest absolute Gasteiger partial charge is 0.369 e. The number of hydrogen-bond donors (Lipinski definition) is 2. The number of imide groups is 1. The molecule has 8 heteroatoms. The molecule has 8 nitrogen and oxygen atoms in total. The molecule has 0 radical (unpaired) electrons. The number of benzene rings is 2. The van der Waals surface area contributed by atoms with E-state index in [0.717, 1.165) is 23.3 Å². The molecule has 2 aromatic rings. The number of nitrogens with zero attached hydrogens (tertiary/aromatic N) is 2. The van der Waals surface area contributed by atoms with Crippen molar-refractivity contribution in [3.8, 4) is 0 Å². The van der Waals surface area contributed by atoms with Gasteiger partial charge in [0.1, 0.15) is 12.1 Å². The number of fused-ring (bicyclic) bond motifs is 2. The van der Waals surface area contributed by atoms with Crippen molar-refractivity contribution in [2.75, 3.05) is 6.54 Å². The SMILES string of the molecule is C[C@@H](C1CC1)N(Cc1ccccc1)C(=O)CN1C(=O)NC2(CC(C(N)=O)c3ccccc32)C1=O. The summed E-state index contributed by atoms with van der Waals surface area (Å²) in [7, 11) is 0. The second-order valence-corrected chi connectivity index (χ2v) is 9.56. The predicted molar refractivity (Wildman–Crippen MR) is 124 cm³/mol. The van der Waals surface area contributed by atoms with Crippen LogP contribution >= 0.6 is 0 Å². The normalized spacial score (nSPS) is 24.1. The Bertz CT molecular complexity index is 1160. The van der Waals surface area contributed by atoms with E-state index in [2.05, 4.69) is 5.32 Å². The van der Waals surface area contributed by atoms with Crippen LogP contribution in [0.15, 0.2) is 54.6 Å². The molecule has 1 spiro atoms. The molecule has 1 heterocycles. The van der Waals surface area contributed by atoms with Gasteiger partial charge in [-0.15, -0.1) is 0 Å². The molecule has 2 aromatic carbocycles. The van der Waals surface area contributed by atoms with E-state index in [1.54, 1.807) is 29.2 Å². The van der Waals surface area contributed by atoms with Crippen molar-refractivity contribution in [1.29, 1.82) is 0 Å². The summed E-state index contributed by atoms with van der Waals surface area (Å²) in [6.45, 7) is 2.09. The summed E-state index contributed by atoms with van der Waals surface area (Å²) < 4.78 is 0. The maximum atomic E-state index is 13.6. The quantitative estimate of drug-likeness (QED) is 0.617. The standard InChI is InChI=1S/C26H28N4O4/c1-16(18-11-12-18)29(14-17-7-3-2-4-8-17)22(31)15-30-24(33)26(28-25(30)34)13-20(23(27)32)19-9-5-6-10-21(19)26/h2-10,16,18,20H,11-15H2,1H3,(H2,27,32)(H,28,34)/t16-,20?,26?/m0/s1. The molecule has 2 unspecified atom stereocenters. The Labute approximate surface area is 198 Å². The second-order valence-electron chi connectivity index (χ2n) is 9.56. The molecule has 0 bridgehead atoms. The molecule has 5 amide bonds. The maximum Gasteiger partial charge on any atom is 0.325 e. The van der Waals surface area contributed by atoms with Crippen LogP contribution in [0.3, 0.4) is 0 Å². The van der Waals surface area contributed by atoms with E-state index in [-0.39, 0.29) is 24.9 Å². The van der Waals surface area contributed by atoms with Gasteiger partial charge in [0.25, 0.3) is 5.91 Å². The number of rotatable bonds is 7. The van der Waals surface area contributed by atoms with Crippen molar-refractivity contribution in [3.05, 3.63) is 71.3 Å². The monoisotopic (exact) mass is 460 g/mol. The first-order chi connectivity index (χ1) is 16.3. The number of nitrogens with one attached hydrogen (secondary N) is 1. The van der Waals surface area contributed by atoms with E-state index < -0.39 is 29.3 Å². The Kier molecular flexibility index (Phi) is 5.38. The van der Waals surface area contributed by atoms with Crippen LogP contribution in [-0.4, -0.2) is 46.1 Å². The Morgan fingerprint density at radius 1 is 1.12 bits per heavy atom. The second kappa shape index (κ2) is 8.27. The molecule has 2 aliphatic carbocycles. The third-order valence-corrected chi connectivity index (χ3v) is 7.43. The Hall–Kier alpha value is -3.68. The van der Waals surface area contributed by atoms with E-state index in [4.69, 9.17) is 5.73 Å². The van der Waals surface area contributed by atoms with Gasteiger partial charge in [0, 0.05) is 12.6 Å². The summed E-state index contributed by atoms with van der Waals surface area (Å²) in [6, 6.07) is 16.1. The minimum Gasteiger partial charge on any atom is -0.369 e. The first-order valence-corrected chi connectivity index (χ1v) is 11.7. The van der Waals surface area contributed by atoms with Crippen molar-refractivity contribution in [1.82, 2.24) is 15.1 Å². The number of primary amides is 1. The third-order valence-electron chi connectivity index (χ3n) is 7.43. The Morgan fingerprint density at radius 3 is 2.47 bits per heavy atom. The van der Waals surface area contributed by atoms with Crippen LogP contribution < -0.4 is 11.1 Å². The molecule has 1 aliphatic heterocycles. The van der Waals surface area contributed by atoms with Crippen LogP contribution in [0.4, 0.5) is 4.79 Å². The molecule has 3 atom stereocenters. The number of amides is 5. The topological polar surface area (TPSA) is 113 Å². The summed E-state index contributed by atoms with van der Waals surface area (Å²) in [6.07, 6.45) is 2.19. The highest BCUT2D eigenvalue weighted by Crippen LogP contribution is 2.47.